The molecule has 2 aromatic rings. The van der Waals surface area contributed by atoms with Gasteiger partial charge in [0.25, 0.3) is 5.91 Å². The molecule has 3 aliphatic rings. The molecule has 4 atom stereocenters. The minimum Gasteiger partial charge on any atom is -0.488 e. The molecular weight excluding hydrogens is 530 g/mol. The van der Waals surface area contributed by atoms with E-state index in [-0.39, 0.29) is 48.1 Å². The predicted molar refractivity (Wildman–Crippen MR) is 150 cm³/mol. The van der Waals surface area contributed by atoms with Crippen LogP contribution in [0.15, 0.2) is 29.9 Å². The van der Waals surface area contributed by atoms with Crippen LogP contribution in [-0.2, 0) is 20.8 Å². The van der Waals surface area contributed by atoms with Crippen LogP contribution in [0.25, 0.3) is 0 Å². The van der Waals surface area contributed by atoms with Gasteiger partial charge < -0.3 is 25.2 Å². The number of nitrogens with zero attached hydrogens (tertiary/aromatic N) is 3. The summed E-state index contributed by atoms with van der Waals surface area (Å²) in [7, 11) is 1.62. The molecule has 2 aliphatic heterocycles. The van der Waals surface area contributed by atoms with Crippen LogP contribution in [-0.4, -0.2) is 77.7 Å². The summed E-state index contributed by atoms with van der Waals surface area (Å²) in [6.07, 6.45) is 5.98. The van der Waals surface area contributed by atoms with Crippen LogP contribution in [0, 0.1) is 11.8 Å². The summed E-state index contributed by atoms with van der Waals surface area (Å²) in [6, 6.07) is 5.50. The molecule has 0 bridgehead atoms. The SMILES string of the molecule is CNC(=O)[C@H]1CCCC[C@H]1C(=O)N1CCc2cccc(O[C@H]3CCN(C(=O)c4cncs4)C3)c2C1CNC(C)=O. The Bertz CT molecular complexity index is 1250. The smallest absolute Gasteiger partial charge is 0.265 e. The number of thiazole rings is 1. The third-order valence-corrected chi connectivity index (χ3v) is 9.11. The highest BCUT2D eigenvalue weighted by atomic mass is 32.1. The first-order valence-corrected chi connectivity index (χ1v) is 15.0. The topological polar surface area (TPSA) is 121 Å². The highest BCUT2D eigenvalue weighted by molar-refractivity contribution is 7.11. The molecule has 5 rings (SSSR count). The molecule has 1 saturated carbocycles. The number of fused-ring (bicyclic) bond motifs is 1. The molecule has 214 valence electrons. The third-order valence-electron chi connectivity index (χ3n) is 8.35. The van der Waals surface area contributed by atoms with Gasteiger partial charge in [0.05, 0.1) is 24.3 Å². The zero-order valence-electron chi connectivity index (χ0n) is 23.1. The number of nitrogens with one attached hydrogen (secondary N) is 2. The van der Waals surface area contributed by atoms with Crippen molar-refractivity contribution in [1.29, 1.82) is 0 Å². The first kappa shape index (κ1) is 28.1. The lowest BCUT2D eigenvalue weighted by Gasteiger charge is -2.42. The molecule has 1 saturated heterocycles. The summed E-state index contributed by atoms with van der Waals surface area (Å²) in [4.78, 5) is 59.8. The van der Waals surface area contributed by atoms with Crippen molar-refractivity contribution in [2.45, 2.75) is 57.6 Å². The van der Waals surface area contributed by atoms with Crippen molar-refractivity contribution in [3.05, 3.63) is 45.9 Å². The van der Waals surface area contributed by atoms with E-state index in [1.807, 2.05) is 23.1 Å². The maximum atomic E-state index is 14.1. The lowest BCUT2D eigenvalue weighted by molar-refractivity contribution is -0.146. The van der Waals surface area contributed by atoms with Crippen LogP contribution >= 0.6 is 11.3 Å². The Labute approximate surface area is 238 Å². The molecule has 4 amide bonds. The summed E-state index contributed by atoms with van der Waals surface area (Å²) in [6.45, 7) is 3.30. The minimum atomic E-state index is -0.417. The molecule has 11 heteroatoms. The largest absolute Gasteiger partial charge is 0.488 e. The van der Waals surface area contributed by atoms with E-state index >= 15 is 0 Å². The maximum absolute atomic E-state index is 14.1. The molecule has 3 heterocycles. The number of amides is 4. The monoisotopic (exact) mass is 567 g/mol. The van der Waals surface area contributed by atoms with Crippen molar-refractivity contribution < 1.29 is 23.9 Å². The standard InChI is InChI=1S/C29H37N5O5S/c1-18(35)32-14-23-26-19(10-13-34(23)28(37)22-8-4-3-7-21(22)27(36)30-2)6-5-9-24(26)39-20-11-12-33(16-20)29(38)25-15-31-17-40-25/h5-6,9,15,17,20-23H,3-4,7-8,10-14,16H2,1-2H3,(H,30,36)(H,32,35)/t20-,21-,22+,23?/m0/s1. The molecule has 10 nitrogen and oxygen atoms in total. The van der Waals surface area contributed by atoms with Crippen molar-refractivity contribution in [1.82, 2.24) is 25.4 Å². The second-order valence-corrected chi connectivity index (χ2v) is 11.7. The maximum Gasteiger partial charge on any atom is 0.265 e. The van der Waals surface area contributed by atoms with Gasteiger partial charge in [-0.1, -0.05) is 25.0 Å². The number of hydrogen-bond donors (Lipinski definition) is 2. The first-order valence-electron chi connectivity index (χ1n) is 14.1. The lowest BCUT2D eigenvalue weighted by atomic mass is 9.77. The highest BCUT2D eigenvalue weighted by Gasteiger charge is 2.42. The van der Waals surface area contributed by atoms with Crippen molar-refractivity contribution >= 4 is 35.0 Å². The van der Waals surface area contributed by atoms with Crippen LogP contribution < -0.4 is 15.4 Å². The van der Waals surface area contributed by atoms with Crippen LogP contribution in [0.5, 0.6) is 5.75 Å². The van der Waals surface area contributed by atoms with Gasteiger partial charge in [-0.25, -0.2) is 0 Å². The Kier molecular flexibility index (Phi) is 8.68. The fourth-order valence-electron chi connectivity index (χ4n) is 6.36. The van der Waals surface area contributed by atoms with Gasteiger partial charge in [-0.15, -0.1) is 11.3 Å². The molecule has 1 aromatic carbocycles. The molecule has 2 N–H and O–H groups in total. The predicted octanol–water partition coefficient (Wildman–Crippen LogP) is 2.55. The molecule has 40 heavy (non-hydrogen) atoms. The fourth-order valence-corrected chi connectivity index (χ4v) is 6.95. The fraction of sp³-hybridized carbons (Fsp3) is 0.552. The number of hydrogen-bond acceptors (Lipinski definition) is 7. The van der Waals surface area contributed by atoms with E-state index in [1.54, 1.807) is 23.7 Å². The van der Waals surface area contributed by atoms with E-state index < -0.39 is 6.04 Å². The second-order valence-electron chi connectivity index (χ2n) is 10.8. The summed E-state index contributed by atoms with van der Waals surface area (Å²) >= 11 is 1.33. The Hall–Kier alpha value is -3.47. The van der Waals surface area contributed by atoms with E-state index in [0.717, 1.165) is 24.0 Å². The summed E-state index contributed by atoms with van der Waals surface area (Å²) in [5.41, 5.74) is 3.63. The second kappa shape index (κ2) is 12.4. The molecule has 2 fully saturated rings. The number of likely N-dealkylation sites (tertiary alicyclic amines) is 1. The number of carbonyl (C=O) groups excluding carboxylic acids is 4. The summed E-state index contributed by atoms with van der Waals surface area (Å²) < 4.78 is 6.54. The highest BCUT2D eigenvalue weighted by Crippen LogP contribution is 2.40. The summed E-state index contributed by atoms with van der Waals surface area (Å²) in [5.74, 6) is -0.392. The van der Waals surface area contributed by atoms with Gasteiger partial charge in [0.15, 0.2) is 0 Å². The Balaban J connectivity index is 1.39. The van der Waals surface area contributed by atoms with Gasteiger partial charge in [-0.2, -0.15) is 0 Å². The average Bonchev–Trinajstić information content (AvgIpc) is 3.68. The van der Waals surface area contributed by atoms with Gasteiger partial charge in [-0.3, -0.25) is 24.2 Å². The molecule has 1 aromatic heterocycles. The van der Waals surface area contributed by atoms with Gasteiger partial charge in [0.2, 0.25) is 17.7 Å². The van der Waals surface area contributed by atoms with E-state index in [9.17, 15) is 19.2 Å². The Morgan fingerprint density at radius 1 is 1.10 bits per heavy atom. The lowest BCUT2D eigenvalue weighted by Crippen LogP contribution is -2.50. The van der Waals surface area contributed by atoms with E-state index in [2.05, 4.69) is 15.6 Å². The van der Waals surface area contributed by atoms with Gasteiger partial charge >= 0.3 is 0 Å². The van der Waals surface area contributed by atoms with Gasteiger partial charge in [-0.05, 0) is 30.9 Å². The average molecular weight is 568 g/mol. The zero-order valence-corrected chi connectivity index (χ0v) is 23.9. The Morgan fingerprint density at radius 3 is 2.62 bits per heavy atom. The summed E-state index contributed by atoms with van der Waals surface area (Å²) in [5, 5.41) is 5.66. The van der Waals surface area contributed by atoms with Crippen molar-refractivity contribution in [2.75, 3.05) is 33.2 Å². The van der Waals surface area contributed by atoms with Crippen LogP contribution in [0.3, 0.4) is 0 Å². The van der Waals surface area contributed by atoms with E-state index in [1.165, 1.54) is 18.3 Å². The van der Waals surface area contributed by atoms with Gasteiger partial charge in [0.1, 0.15) is 16.7 Å². The molecule has 0 spiro atoms. The van der Waals surface area contributed by atoms with Crippen LogP contribution in [0.1, 0.15) is 65.9 Å². The first-order chi connectivity index (χ1) is 19.4. The number of aromatic nitrogens is 1. The Morgan fingerprint density at radius 2 is 1.90 bits per heavy atom. The van der Waals surface area contributed by atoms with Gasteiger partial charge in [0, 0.05) is 57.4 Å². The van der Waals surface area contributed by atoms with Crippen LogP contribution in [0.4, 0.5) is 0 Å². The van der Waals surface area contributed by atoms with Crippen molar-refractivity contribution in [2.24, 2.45) is 11.8 Å². The third kappa shape index (κ3) is 5.84. The van der Waals surface area contributed by atoms with Crippen molar-refractivity contribution in [3.8, 4) is 5.75 Å². The number of benzene rings is 1. The van der Waals surface area contributed by atoms with Crippen LogP contribution in [0.2, 0.25) is 0 Å². The molecule has 0 radical (unpaired) electrons. The van der Waals surface area contributed by atoms with E-state index in [0.29, 0.717) is 55.9 Å². The quantitative estimate of drug-likeness (QED) is 0.531. The molecular formula is C29H37N5O5S. The molecule has 1 aliphatic carbocycles. The molecule has 1 unspecified atom stereocenters. The number of carbonyl (C=O) groups is 4. The van der Waals surface area contributed by atoms with Crippen molar-refractivity contribution in [3.63, 3.8) is 0 Å². The van der Waals surface area contributed by atoms with E-state index in [4.69, 9.17) is 4.74 Å². The minimum absolute atomic E-state index is 0.0358. The normalized spacial score (nSPS) is 24.2. The number of ether oxygens (including phenoxy) is 1. The number of rotatable bonds is 7. The zero-order chi connectivity index (χ0) is 28.2.